The summed E-state index contributed by atoms with van der Waals surface area (Å²) < 4.78 is 10.6. The van der Waals surface area contributed by atoms with Gasteiger partial charge in [-0.05, 0) is 19.1 Å². The zero-order valence-electron chi connectivity index (χ0n) is 10.00. The number of carbonyl (C=O) groups is 1. The average molecular weight is 243 g/mol. The van der Waals surface area contributed by atoms with Gasteiger partial charge in [0.15, 0.2) is 0 Å². The molecule has 18 heavy (non-hydrogen) atoms. The summed E-state index contributed by atoms with van der Waals surface area (Å²) in [6.07, 6.45) is 3.01. The average Bonchev–Trinajstić information content (AvgIpc) is 2.41. The minimum Gasteiger partial charge on any atom is -0.462 e. The molecule has 0 aliphatic rings. The van der Waals surface area contributed by atoms with Crippen LogP contribution in [0, 0.1) is 0 Å². The van der Waals surface area contributed by atoms with Gasteiger partial charge in [0.25, 0.3) is 0 Å². The normalized spacial score (nSPS) is 9.83. The van der Waals surface area contributed by atoms with Crippen LogP contribution >= 0.6 is 0 Å². The van der Waals surface area contributed by atoms with Crippen LogP contribution in [0.5, 0.6) is 11.5 Å². The Morgan fingerprint density at radius 3 is 2.72 bits per heavy atom. The molecule has 1 aromatic heterocycles. The Morgan fingerprint density at radius 2 is 2.00 bits per heavy atom. The second-order valence-corrected chi connectivity index (χ2v) is 3.51. The van der Waals surface area contributed by atoms with Crippen molar-refractivity contribution in [2.75, 3.05) is 6.61 Å². The second-order valence-electron chi connectivity index (χ2n) is 3.51. The van der Waals surface area contributed by atoms with E-state index in [9.17, 15) is 4.79 Å². The van der Waals surface area contributed by atoms with E-state index in [0.717, 1.165) is 0 Å². The highest BCUT2D eigenvalue weighted by Crippen LogP contribution is 2.24. The molecule has 0 radical (unpaired) electrons. The molecule has 0 atom stereocenters. The van der Waals surface area contributed by atoms with E-state index in [2.05, 4.69) is 4.98 Å². The first-order valence-corrected chi connectivity index (χ1v) is 5.65. The van der Waals surface area contributed by atoms with Crippen LogP contribution in [-0.2, 0) is 4.74 Å². The predicted molar refractivity (Wildman–Crippen MR) is 66.7 cm³/mol. The monoisotopic (exact) mass is 243 g/mol. The number of pyridine rings is 1. The Hall–Kier alpha value is -2.36. The third kappa shape index (κ3) is 2.85. The molecule has 0 spiro atoms. The number of nitrogens with zero attached hydrogens (tertiary/aromatic N) is 1. The number of carbonyl (C=O) groups excluding carboxylic acids is 1. The van der Waals surface area contributed by atoms with E-state index in [1.54, 1.807) is 19.2 Å². The summed E-state index contributed by atoms with van der Waals surface area (Å²) in [5.41, 5.74) is 0.322. The number of aromatic nitrogens is 1. The molecule has 4 nitrogen and oxygen atoms in total. The molecule has 0 saturated heterocycles. The summed E-state index contributed by atoms with van der Waals surface area (Å²) in [6, 6.07) is 10.9. The van der Waals surface area contributed by atoms with Gasteiger partial charge in [-0.1, -0.05) is 18.2 Å². The first kappa shape index (κ1) is 12.1. The van der Waals surface area contributed by atoms with Crippen molar-refractivity contribution < 1.29 is 14.3 Å². The fourth-order valence-electron chi connectivity index (χ4n) is 1.45. The third-order valence-electron chi connectivity index (χ3n) is 2.25. The quantitative estimate of drug-likeness (QED) is 0.774. The highest BCUT2D eigenvalue weighted by Gasteiger charge is 2.14. The van der Waals surface area contributed by atoms with E-state index >= 15 is 0 Å². The van der Waals surface area contributed by atoms with Gasteiger partial charge >= 0.3 is 5.97 Å². The van der Waals surface area contributed by atoms with Gasteiger partial charge in [-0.3, -0.25) is 4.98 Å². The maximum atomic E-state index is 11.7. The number of para-hydroxylation sites is 1. The maximum absolute atomic E-state index is 11.7. The lowest BCUT2D eigenvalue weighted by Gasteiger charge is -2.09. The van der Waals surface area contributed by atoms with E-state index < -0.39 is 5.97 Å². The van der Waals surface area contributed by atoms with Crippen molar-refractivity contribution >= 4 is 5.97 Å². The number of hydrogen-bond donors (Lipinski definition) is 0. The molecule has 0 N–H and O–H groups in total. The predicted octanol–water partition coefficient (Wildman–Crippen LogP) is 3.05. The summed E-state index contributed by atoms with van der Waals surface area (Å²) >= 11 is 0. The van der Waals surface area contributed by atoms with Crippen LogP contribution in [-0.4, -0.2) is 17.6 Å². The number of hydrogen-bond acceptors (Lipinski definition) is 4. The van der Waals surface area contributed by atoms with Gasteiger partial charge in [-0.25, -0.2) is 4.79 Å². The van der Waals surface area contributed by atoms with Gasteiger partial charge in [-0.15, -0.1) is 0 Å². The lowest BCUT2D eigenvalue weighted by Crippen LogP contribution is -2.06. The molecule has 0 fully saturated rings. The molecular weight excluding hydrogens is 230 g/mol. The van der Waals surface area contributed by atoms with Gasteiger partial charge < -0.3 is 9.47 Å². The van der Waals surface area contributed by atoms with Crippen LogP contribution in [0.15, 0.2) is 48.8 Å². The zero-order valence-corrected chi connectivity index (χ0v) is 10.00. The van der Waals surface area contributed by atoms with Gasteiger partial charge in [0.1, 0.15) is 17.1 Å². The minimum absolute atomic E-state index is 0.318. The number of benzene rings is 1. The molecule has 1 aromatic carbocycles. The van der Waals surface area contributed by atoms with E-state index in [1.165, 1.54) is 6.20 Å². The molecule has 4 heteroatoms. The molecule has 2 aromatic rings. The van der Waals surface area contributed by atoms with Crippen molar-refractivity contribution in [3.8, 4) is 11.5 Å². The summed E-state index contributed by atoms with van der Waals surface area (Å²) in [4.78, 5) is 15.6. The topological polar surface area (TPSA) is 48.4 Å². The summed E-state index contributed by atoms with van der Waals surface area (Å²) in [5, 5.41) is 0. The van der Waals surface area contributed by atoms with Gasteiger partial charge in [-0.2, -0.15) is 0 Å². The van der Waals surface area contributed by atoms with Crippen LogP contribution in [0.1, 0.15) is 17.3 Å². The Kier molecular flexibility index (Phi) is 3.91. The molecule has 0 aliphatic heterocycles. The molecule has 92 valence electrons. The molecule has 0 bridgehead atoms. The van der Waals surface area contributed by atoms with Crippen molar-refractivity contribution in [3.05, 3.63) is 54.4 Å². The van der Waals surface area contributed by atoms with Crippen LogP contribution in [0.4, 0.5) is 0 Å². The third-order valence-corrected chi connectivity index (χ3v) is 2.25. The van der Waals surface area contributed by atoms with Crippen molar-refractivity contribution in [2.24, 2.45) is 0 Å². The fourth-order valence-corrected chi connectivity index (χ4v) is 1.45. The highest BCUT2D eigenvalue weighted by molar-refractivity contribution is 5.92. The summed E-state index contributed by atoms with van der Waals surface area (Å²) in [7, 11) is 0. The van der Waals surface area contributed by atoms with E-state index in [1.807, 2.05) is 30.3 Å². The maximum Gasteiger partial charge on any atom is 0.343 e. The lowest BCUT2D eigenvalue weighted by atomic mass is 10.2. The number of esters is 1. The standard InChI is InChI=1S/C14H13NO3/c1-2-17-14(16)12-10-15-9-8-13(12)18-11-6-4-3-5-7-11/h3-10H,2H2,1H3. The Morgan fingerprint density at radius 1 is 1.22 bits per heavy atom. The van der Waals surface area contributed by atoms with Crippen LogP contribution in [0.3, 0.4) is 0 Å². The van der Waals surface area contributed by atoms with E-state index in [4.69, 9.17) is 9.47 Å². The van der Waals surface area contributed by atoms with Crippen LogP contribution in [0.25, 0.3) is 0 Å². The Bertz CT molecular complexity index is 526. The molecule has 0 saturated carbocycles. The van der Waals surface area contributed by atoms with E-state index in [-0.39, 0.29) is 0 Å². The minimum atomic E-state index is -0.434. The van der Waals surface area contributed by atoms with Gasteiger partial charge in [0.2, 0.25) is 0 Å². The molecule has 0 aliphatic carbocycles. The van der Waals surface area contributed by atoms with Gasteiger partial charge in [0, 0.05) is 18.5 Å². The second kappa shape index (κ2) is 5.82. The van der Waals surface area contributed by atoms with Crippen molar-refractivity contribution in [3.63, 3.8) is 0 Å². The van der Waals surface area contributed by atoms with Crippen LogP contribution in [0.2, 0.25) is 0 Å². The van der Waals surface area contributed by atoms with Crippen molar-refractivity contribution in [2.45, 2.75) is 6.92 Å². The Balaban J connectivity index is 2.25. The molecule has 2 rings (SSSR count). The molecule has 0 unspecified atom stereocenters. The highest BCUT2D eigenvalue weighted by atomic mass is 16.5. The first-order valence-electron chi connectivity index (χ1n) is 5.65. The zero-order chi connectivity index (χ0) is 12.8. The van der Waals surface area contributed by atoms with Gasteiger partial charge in [0.05, 0.1) is 6.61 Å². The largest absolute Gasteiger partial charge is 0.462 e. The van der Waals surface area contributed by atoms with Crippen molar-refractivity contribution in [1.82, 2.24) is 4.98 Å². The summed E-state index contributed by atoms with van der Waals surface area (Å²) in [6.45, 7) is 2.07. The fraction of sp³-hybridized carbons (Fsp3) is 0.143. The van der Waals surface area contributed by atoms with Crippen LogP contribution < -0.4 is 4.74 Å². The smallest absolute Gasteiger partial charge is 0.343 e. The molecule has 1 heterocycles. The van der Waals surface area contributed by atoms with E-state index in [0.29, 0.717) is 23.7 Å². The number of rotatable bonds is 4. The summed E-state index contributed by atoms with van der Waals surface area (Å²) in [5.74, 6) is 0.667. The van der Waals surface area contributed by atoms with Crippen molar-refractivity contribution in [1.29, 1.82) is 0 Å². The Labute approximate surface area is 105 Å². The number of ether oxygens (including phenoxy) is 2. The molecular formula is C14H13NO3. The SMILES string of the molecule is CCOC(=O)c1cnccc1Oc1ccccc1. The lowest BCUT2D eigenvalue weighted by molar-refractivity contribution is 0.0523. The first-order chi connectivity index (χ1) is 8.81. The molecule has 0 amide bonds.